The molecule has 8 aromatic carbocycles. The third-order valence-corrected chi connectivity index (χ3v) is 14.8. The molecule has 70 heavy (non-hydrogen) atoms. The Hall–Kier alpha value is -8.86. The van der Waals surface area contributed by atoms with Gasteiger partial charge in [-0.3, -0.25) is 0 Å². The molecule has 2 atom stereocenters. The monoisotopic (exact) mass is 898 g/mol. The van der Waals surface area contributed by atoms with Crippen molar-refractivity contribution in [3.63, 3.8) is 0 Å². The number of aryl methyl sites for hydroxylation is 2. The zero-order valence-corrected chi connectivity index (χ0v) is 38.8. The number of allylic oxidation sites excluding steroid dienone is 12. The first-order valence-corrected chi connectivity index (χ1v) is 24.2. The Morgan fingerprint density at radius 1 is 0.414 bits per heavy atom. The average Bonchev–Trinajstić information content (AvgIpc) is 3.99. The molecule has 14 rings (SSSR count). The number of anilines is 4. The van der Waals surface area contributed by atoms with Crippen LogP contribution in [0, 0.1) is 25.7 Å². The summed E-state index contributed by atoms with van der Waals surface area (Å²) in [6, 6.07) is 69.5. The number of benzene rings is 8. The quantitative estimate of drug-likeness (QED) is 0.152. The SMILES string of the molecule is Cc1cccc(C2=CC(N(c3ccccc3)c3cccc4c3oc3ccccc34)=C3C=CC4=C(c5cccc(C)c5)C=C(N(c5ccccc5)c5cccc6c5oc5ccccc56)C5=CC=C2C3C54)c1. The van der Waals surface area contributed by atoms with Gasteiger partial charge in [-0.05, 0) is 119 Å². The van der Waals surface area contributed by atoms with E-state index in [1.807, 2.05) is 0 Å². The first-order chi connectivity index (χ1) is 34.6. The van der Waals surface area contributed by atoms with Crippen LogP contribution in [-0.2, 0) is 0 Å². The van der Waals surface area contributed by atoms with Gasteiger partial charge in [0.15, 0.2) is 11.2 Å². The van der Waals surface area contributed by atoms with Gasteiger partial charge in [0.1, 0.15) is 11.2 Å². The highest BCUT2D eigenvalue weighted by atomic mass is 16.3. The van der Waals surface area contributed by atoms with E-state index in [-0.39, 0.29) is 11.8 Å². The zero-order valence-electron chi connectivity index (χ0n) is 38.8. The maximum atomic E-state index is 6.87. The van der Waals surface area contributed by atoms with Crippen molar-refractivity contribution >= 4 is 77.8 Å². The molecular formula is C66H46N2O2. The lowest BCUT2D eigenvalue weighted by Crippen LogP contribution is -2.36. The van der Waals surface area contributed by atoms with Gasteiger partial charge < -0.3 is 18.6 Å². The van der Waals surface area contributed by atoms with Crippen LogP contribution in [0.25, 0.3) is 55.0 Å². The van der Waals surface area contributed by atoms with E-state index >= 15 is 0 Å². The molecule has 0 saturated heterocycles. The number of furan rings is 2. The molecule has 4 heteroatoms. The van der Waals surface area contributed by atoms with E-state index in [1.165, 1.54) is 55.7 Å². The summed E-state index contributed by atoms with van der Waals surface area (Å²) >= 11 is 0. The molecule has 4 aliphatic carbocycles. The fraction of sp³-hybridized carbons (Fsp3) is 0.0606. The van der Waals surface area contributed by atoms with Crippen LogP contribution < -0.4 is 9.80 Å². The summed E-state index contributed by atoms with van der Waals surface area (Å²) in [4.78, 5) is 4.90. The first-order valence-electron chi connectivity index (χ1n) is 24.2. The largest absolute Gasteiger partial charge is 0.454 e. The lowest BCUT2D eigenvalue weighted by molar-refractivity contribution is 0.556. The Morgan fingerprint density at radius 2 is 0.914 bits per heavy atom. The molecule has 2 aromatic heterocycles. The molecule has 332 valence electrons. The van der Waals surface area contributed by atoms with Crippen LogP contribution in [0.5, 0.6) is 0 Å². The number of rotatable bonds is 8. The minimum atomic E-state index is -0.0419. The molecule has 0 saturated carbocycles. The molecule has 0 fully saturated rings. The molecule has 0 spiro atoms. The van der Waals surface area contributed by atoms with Gasteiger partial charge in [0.25, 0.3) is 0 Å². The van der Waals surface area contributed by atoms with E-state index in [2.05, 4.69) is 254 Å². The predicted molar refractivity (Wildman–Crippen MR) is 289 cm³/mol. The molecule has 4 aliphatic rings. The Morgan fingerprint density at radius 3 is 1.56 bits per heavy atom. The molecule has 0 N–H and O–H groups in total. The van der Waals surface area contributed by atoms with E-state index in [9.17, 15) is 0 Å². The van der Waals surface area contributed by atoms with Crippen LogP contribution >= 0.6 is 0 Å². The van der Waals surface area contributed by atoms with Crippen molar-refractivity contribution in [2.24, 2.45) is 11.8 Å². The van der Waals surface area contributed by atoms with Gasteiger partial charge in [0, 0.05) is 44.8 Å². The van der Waals surface area contributed by atoms with Gasteiger partial charge >= 0.3 is 0 Å². The van der Waals surface area contributed by atoms with Crippen molar-refractivity contribution in [1.82, 2.24) is 0 Å². The Bertz CT molecular complexity index is 4040. The van der Waals surface area contributed by atoms with E-state index in [0.717, 1.165) is 78.0 Å². The molecule has 0 aliphatic heterocycles. The van der Waals surface area contributed by atoms with Crippen LogP contribution in [0.1, 0.15) is 22.3 Å². The van der Waals surface area contributed by atoms with Gasteiger partial charge in [0.2, 0.25) is 0 Å². The highest BCUT2D eigenvalue weighted by Gasteiger charge is 2.46. The topological polar surface area (TPSA) is 32.8 Å². The predicted octanol–water partition coefficient (Wildman–Crippen LogP) is 17.4. The molecule has 0 amide bonds. The summed E-state index contributed by atoms with van der Waals surface area (Å²) in [5.41, 5.74) is 22.2. The fourth-order valence-electron chi connectivity index (χ4n) is 11.7. The number of fused-ring (bicyclic) bond motifs is 6. The number of para-hydroxylation sites is 6. The molecule has 0 bridgehead atoms. The maximum absolute atomic E-state index is 6.87. The van der Waals surface area contributed by atoms with Gasteiger partial charge in [-0.1, -0.05) is 181 Å². The van der Waals surface area contributed by atoms with E-state index in [4.69, 9.17) is 8.83 Å². The molecule has 2 unspecified atom stereocenters. The van der Waals surface area contributed by atoms with Crippen LogP contribution in [-0.4, -0.2) is 0 Å². The summed E-state index contributed by atoms with van der Waals surface area (Å²) in [6.45, 7) is 4.39. The zero-order chi connectivity index (χ0) is 46.5. The van der Waals surface area contributed by atoms with E-state index in [0.29, 0.717) is 0 Å². The molecule has 10 aromatic rings. The van der Waals surface area contributed by atoms with Gasteiger partial charge in [-0.15, -0.1) is 0 Å². The second-order valence-corrected chi connectivity index (χ2v) is 18.9. The van der Waals surface area contributed by atoms with Gasteiger partial charge in [-0.25, -0.2) is 0 Å². The smallest absolute Gasteiger partial charge is 0.159 e. The minimum Gasteiger partial charge on any atom is -0.454 e. The van der Waals surface area contributed by atoms with Crippen molar-refractivity contribution < 1.29 is 8.83 Å². The Kier molecular flexibility index (Phi) is 9.12. The number of hydrogen-bond donors (Lipinski definition) is 0. The van der Waals surface area contributed by atoms with E-state index < -0.39 is 0 Å². The standard InChI is InChI=1S/C66H46N2O2/c1-41-17-13-19-43(37-41)55-39-59(67(45-21-5-3-6-22-45)57-29-15-27-51-47-25-9-11-31-61(47)69-65(51)57)53-36-34-50-56(44-20-14-18-42(2)38-44)40-60(54-35-33-49(55)63(53)64(50)54)68(46-23-7-4-8-24-46)58-30-16-28-52-48-26-10-12-32-62(48)70-66(52)58/h3-40,63-64H,1-2H3. The van der Waals surface area contributed by atoms with Crippen molar-refractivity contribution in [3.05, 3.63) is 287 Å². The second kappa shape index (κ2) is 15.9. The van der Waals surface area contributed by atoms with Crippen LogP contribution in [0.4, 0.5) is 22.7 Å². The van der Waals surface area contributed by atoms with Crippen molar-refractivity contribution in [1.29, 1.82) is 0 Å². The third kappa shape index (κ3) is 6.23. The summed E-state index contributed by atoms with van der Waals surface area (Å²) < 4.78 is 13.7. The first kappa shape index (κ1) is 40.2. The lowest BCUT2D eigenvalue weighted by atomic mass is 9.60. The second-order valence-electron chi connectivity index (χ2n) is 18.9. The molecular weight excluding hydrogens is 853 g/mol. The van der Waals surface area contributed by atoms with Crippen LogP contribution in [0.15, 0.2) is 273 Å². The summed E-state index contributed by atoms with van der Waals surface area (Å²) in [7, 11) is 0. The molecule has 0 radical (unpaired) electrons. The Labute approximate surface area is 406 Å². The van der Waals surface area contributed by atoms with E-state index in [1.54, 1.807) is 0 Å². The van der Waals surface area contributed by atoms with Crippen LogP contribution in [0.3, 0.4) is 0 Å². The third-order valence-electron chi connectivity index (χ3n) is 14.8. The lowest BCUT2D eigenvalue weighted by Gasteiger charge is -2.47. The van der Waals surface area contributed by atoms with Crippen molar-refractivity contribution in [2.45, 2.75) is 13.8 Å². The summed E-state index contributed by atoms with van der Waals surface area (Å²) in [6.07, 6.45) is 14.6. The number of nitrogens with zero attached hydrogens (tertiary/aromatic N) is 2. The van der Waals surface area contributed by atoms with Crippen molar-refractivity contribution in [3.8, 4) is 0 Å². The minimum absolute atomic E-state index is 0.0419. The summed E-state index contributed by atoms with van der Waals surface area (Å²) in [5.74, 6) is -0.0838. The van der Waals surface area contributed by atoms with Crippen LogP contribution in [0.2, 0.25) is 0 Å². The van der Waals surface area contributed by atoms with Gasteiger partial charge in [-0.2, -0.15) is 0 Å². The maximum Gasteiger partial charge on any atom is 0.159 e. The fourth-order valence-corrected chi connectivity index (χ4v) is 11.7. The van der Waals surface area contributed by atoms with Crippen molar-refractivity contribution in [2.75, 3.05) is 9.80 Å². The van der Waals surface area contributed by atoms with Gasteiger partial charge in [0.05, 0.1) is 22.8 Å². The Balaban J connectivity index is 1.07. The highest BCUT2D eigenvalue weighted by molar-refractivity contribution is 6.11. The molecule has 4 nitrogen and oxygen atoms in total. The summed E-state index contributed by atoms with van der Waals surface area (Å²) in [5, 5.41) is 4.40. The average molecular weight is 899 g/mol. The number of hydrogen-bond acceptors (Lipinski definition) is 4. The highest BCUT2D eigenvalue weighted by Crippen LogP contribution is 2.59. The normalized spacial score (nSPS) is 17.2. The molecule has 2 heterocycles.